The topological polar surface area (TPSA) is 8.81 Å². The number of hydrogen-bond acceptors (Lipinski definition) is 0. The van der Waals surface area contributed by atoms with Crippen molar-refractivity contribution in [3.05, 3.63) is 101 Å². The van der Waals surface area contributed by atoms with Crippen molar-refractivity contribution in [3.63, 3.8) is 0 Å². The van der Waals surface area contributed by atoms with Crippen LogP contribution in [0.25, 0.3) is 11.0 Å². The molecular formula is C22H20ClN2+. The summed E-state index contributed by atoms with van der Waals surface area (Å²) in [6, 6.07) is 25.3. The van der Waals surface area contributed by atoms with E-state index in [0.29, 0.717) is 0 Å². The number of halogens is 1. The van der Waals surface area contributed by atoms with E-state index in [1.807, 2.05) is 18.2 Å². The zero-order valence-electron chi connectivity index (χ0n) is 14.2. The first-order chi connectivity index (χ1) is 12.2. The van der Waals surface area contributed by atoms with Crippen molar-refractivity contribution in [2.45, 2.75) is 20.0 Å². The van der Waals surface area contributed by atoms with Crippen molar-refractivity contribution in [1.29, 1.82) is 0 Å². The summed E-state index contributed by atoms with van der Waals surface area (Å²) in [5, 5.41) is 0.811. The van der Waals surface area contributed by atoms with Crippen LogP contribution in [0.2, 0.25) is 5.02 Å². The first-order valence-electron chi connectivity index (χ1n) is 8.47. The van der Waals surface area contributed by atoms with Gasteiger partial charge in [-0.2, -0.15) is 0 Å². The summed E-state index contributed by atoms with van der Waals surface area (Å²) >= 11 is 6.36. The molecule has 3 aromatic carbocycles. The molecule has 0 aliphatic heterocycles. The van der Waals surface area contributed by atoms with E-state index in [1.165, 1.54) is 22.2 Å². The number of imidazole rings is 1. The number of hydrogen-bond donors (Lipinski definition) is 0. The van der Waals surface area contributed by atoms with E-state index < -0.39 is 0 Å². The molecule has 0 bridgehead atoms. The van der Waals surface area contributed by atoms with E-state index in [9.17, 15) is 0 Å². The monoisotopic (exact) mass is 347 g/mol. The van der Waals surface area contributed by atoms with Crippen molar-refractivity contribution in [2.24, 2.45) is 0 Å². The molecule has 2 nitrogen and oxygen atoms in total. The Kier molecular flexibility index (Phi) is 4.29. The first-order valence-corrected chi connectivity index (χ1v) is 8.85. The average Bonchev–Trinajstić information content (AvgIpc) is 2.97. The maximum absolute atomic E-state index is 6.36. The minimum absolute atomic E-state index is 0.765. The number of para-hydroxylation sites is 2. The van der Waals surface area contributed by atoms with Crippen molar-refractivity contribution in [2.75, 3.05) is 0 Å². The lowest BCUT2D eigenvalue weighted by Gasteiger charge is -2.01. The normalized spacial score (nSPS) is 11.1. The first kappa shape index (κ1) is 15.9. The standard InChI is InChI=1S/C22H20ClN2/c1-17-10-12-18(13-11-17)14-24-16-25(22-9-5-4-8-21(22)24)15-19-6-2-3-7-20(19)23/h2-13,16H,14-15H2,1H3/q+1. The van der Waals surface area contributed by atoms with Gasteiger partial charge < -0.3 is 0 Å². The van der Waals surface area contributed by atoms with E-state index in [1.54, 1.807) is 0 Å². The fourth-order valence-corrected chi connectivity index (χ4v) is 3.39. The van der Waals surface area contributed by atoms with Crippen LogP contribution >= 0.6 is 11.6 Å². The molecule has 0 aliphatic rings. The number of benzene rings is 3. The Balaban J connectivity index is 1.73. The Morgan fingerprint density at radius 2 is 1.60 bits per heavy atom. The summed E-state index contributed by atoms with van der Waals surface area (Å²) in [4.78, 5) is 0. The van der Waals surface area contributed by atoms with E-state index >= 15 is 0 Å². The third-order valence-corrected chi connectivity index (χ3v) is 4.92. The Bertz CT molecular complexity index is 1020. The van der Waals surface area contributed by atoms with Gasteiger partial charge in [-0.15, -0.1) is 0 Å². The fraction of sp³-hybridized carbons (Fsp3) is 0.136. The quantitative estimate of drug-likeness (QED) is 0.460. The molecule has 25 heavy (non-hydrogen) atoms. The molecular weight excluding hydrogens is 328 g/mol. The Labute approximate surface area is 152 Å². The number of aryl methyl sites for hydroxylation is 1. The van der Waals surface area contributed by atoms with Gasteiger partial charge in [0, 0.05) is 10.6 Å². The molecule has 4 aromatic rings. The molecule has 0 aliphatic carbocycles. The predicted octanol–water partition coefficient (Wildman–Crippen LogP) is 4.99. The lowest BCUT2D eigenvalue weighted by atomic mass is 10.1. The molecule has 0 saturated heterocycles. The number of rotatable bonds is 4. The van der Waals surface area contributed by atoms with Crippen LogP contribution in [-0.2, 0) is 13.1 Å². The molecule has 0 amide bonds. The molecule has 1 heterocycles. The van der Waals surface area contributed by atoms with Crippen molar-refractivity contribution in [1.82, 2.24) is 4.57 Å². The highest BCUT2D eigenvalue weighted by Crippen LogP contribution is 2.19. The highest BCUT2D eigenvalue weighted by Gasteiger charge is 2.16. The van der Waals surface area contributed by atoms with Crippen molar-refractivity contribution >= 4 is 22.6 Å². The minimum Gasteiger partial charge on any atom is -0.226 e. The van der Waals surface area contributed by atoms with Crippen LogP contribution in [0.15, 0.2) is 79.1 Å². The maximum Gasteiger partial charge on any atom is 0.245 e. The van der Waals surface area contributed by atoms with Crippen LogP contribution in [0.1, 0.15) is 16.7 Å². The molecule has 0 atom stereocenters. The van der Waals surface area contributed by atoms with Crippen molar-refractivity contribution in [3.8, 4) is 0 Å². The van der Waals surface area contributed by atoms with Gasteiger partial charge in [0.2, 0.25) is 6.33 Å². The van der Waals surface area contributed by atoms with Gasteiger partial charge in [-0.05, 0) is 30.7 Å². The van der Waals surface area contributed by atoms with E-state index in [-0.39, 0.29) is 0 Å². The van der Waals surface area contributed by atoms with Crippen molar-refractivity contribution < 1.29 is 4.57 Å². The van der Waals surface area contributed by atoms with Gasteiger partial charge in [-0.1, -0.05) is 71.8 Å². The van der Waals surface area contributed by atoms with Gasteiger partial charge in [0.15, 0.2) is 11.0 Å². The lowest BCUT2D eigenvalue weighted by molar-refractivity contribution is -0.663. The molecule has 0 unspecified atom stereocenters. The summed E-state index contributed by atoms with van der Waals surface area (Å²) in [7, 11) is 0. The fourth-order valence-electron chi connectivity index (χ4n) is 3.19. The Morgan fingerprint density at radius 1 is 0.880 bits per heavy atom. The molecule has 0 N–H and O–H groups in total. The SMILES string of the molecule is Cc1ccc(C[n+]2cn(Cc3ccccc3Cl)c3ccccc32)cc1. The molecule has 1 aromatic heterocycles. The molecule has 124 valence electrons. The van der Waals surface area contributed by atoms with Gasteiger partial charge in [-0.3, -0.25) is 0 Å². The smallest absolute Gasteiger partial charge is 0.226 e. The summed E-state index contributed by atoms with van der Waals surface area (Å²) in [6.45, 7) is 3.74. The Hall–Kier alpha value is -2.58. The highest BCUT2D eigenvalue weighted by molar-refractivity contribution is 6.31. The molecule has 0 fully saturated rings. The summed E-state index contributed by atoms with van der Waals surface area (Å²) in [5.74, 6) is 0. The maximum atomic E-state index is 6.36. The van der Waals surface area contributed by atoms with Crippen LogP contribution in [0, 0.1) is 6.92 Å². The molecule has 4 rings (SSSR count). The van der Waals surface area contributed by atoms with E-state index in [2.05, 4.69) is 77.0 Å². The minimum atomic E-state index is 0.765. The third kappa shape index (κ3) is 3.31. The van der Waals surface area contributed by atoms with E-state index in [4.69, 9.17) is 11.6 Å². The summed E-state index contributed by atoms with van der Waals surface area (Å²) < 4.78 is 4.57. The zero-order valence-corrected chi connectivity index (χ0v) is 14.9. The summed E-state index contributed by atoms with van der Waals surface area (Å²) in [5.41, 5.74) is 6.17. The number of nitrogens with zero attached hydrogens (tertiary/aromatic N) is 2. The Morgan fingerprint density at radius 3 is 2.40 bits per heavy atom. The highest BCUT2D eigenvalue weighted by atomic mass is 35.5. The molecule has 0 spiro atoms. The average molecular weight is 348 g/mol. The summed E-state index contributed by atoms with van der Waals surface area (Å²) in [6.07, 6.45) is 2.19. The van der Waals surface area contributed by atoms with Gasteiger partial charge in [0.25, 0.3) is 0 Å². The molecule has 0 saturated carbocycles. The van der Waals surface area contributed by atoms with Crippen LogP contribution in [0.5, 0.6) is 0 Å². The van der Waals surface area contributed by atoms with Crippen LogP contribution in [0.3, 0.4) is 0 Å². The second-order valence-electron chi connectivity index (χ2n) is 6.44. The predicted molar refractivity (Wildman–Crippen MR) is 103 cm³/mol. The van der Waals surface area contributed by atoms with Gasteiger partial charge in [0.1, 0.15) is 13.1 Å². The second kappa shape index (κ2) is 6.73. The number of fused-ring (bicyclic) bond motifs is 1. The van der Waals surface area contributed by atoms with Gasteiger partial charge in [-0.25, -0.2) is 9.13 Å². The second-order valence-corrected chi connectivity index (χ2v) is 6.84. The lowest BCUT2D eigenvalue weighted by Crippen LogP contribution is -2.32. The van der Waals surface area contributed by atoms with Crippen LogP contribution < -0.4 is 4.57 Å². The largest absolute Gasteiger partial charge is 0.245 e. The van der Waals surface area contributed by atoms with Gasteiger partial charge >= 0.3 is 0 Å². The molecule has 0 radical (unpaired) electrons. The third-order valence-electron chi connectivity index (χ3n) is 4.55. The van der Waals surface area contributed by atoms with Crippen LogP contribution in [0.4, 0.5) is 0 Å². The van der Waals surface area contributed by atoms with Crippen LogP contribution in [-0.4, -0.2) is 4.57 Å². The zero-order chi connectivity index (χ0) is 17.2. The van der Waals surface area contributed by atoms with E-state index in [0.717, 1.165) is 23.7 Å². The molecule has 3 heteroatoms. The van der Waals surface area contributed by atoms with Gasteiger partial charge in [0.05, 0.1) is 0 Å². The number of aromatic nitrogens is 2.